The van der Waals surface area contributed by atoms with E-state index in [0.29, 0.717) is 0 Å². The van der Waals surface area contributed by atoms with E-state index in [2.05, 4.69) is 5.32 Å². The van der Waals surface area contributed by atoms with Crippen molar-refractivity contribution in [2.75, 3.05) is 5.32 Å². The Morgan fingerprint density at radius 3 is 2.52 bits per heavy atom. The van der Waals surface area contributed by atoms with E-state index in [1.807, 2.05) is 31.2 Å². The van der Waals surface area contributed by atoms with Crippen LogP contribution in [0.15, 0.2) is 47.4 Å². The van der Waals surface area contributed by atoms with Crippen molar-refractivity contribution in [1.29, 1.82) is 0 Å². The number of amides is 1. The highest BCUT2D eigenvalue weighted by Crippen LogP contribution is 2.26. The molecule has 0 aliphatic rings. The number of hydrogen-bond donors (Lipinski definition) is 1. The minimum absolute atomic E-state index is 0.194. The fraction of sp³-hybridized carbons (Fsp3) is 0.188. The predicted octanol–water partition coefficient (Wildman–Crippen LogP) is 4.16. The van der Waals surface area contributed by atoms with Crippen LogP contribution in [0.3, 0.4) is 0 Å². The van der Waals surface area contributed by atoms with Crippen molar-refractivity contribution in [2.24, 2.45) is 0 Å². The van der Waals surface area contributed by atoms with Gasteiger partial charge >= 0.3 is 5.69 Å². The van der Waals surface area contributed by atoms with Crippen LogP contribution in [0.2, 0.25) is 0 Å². The van der Waals surface area contributed by atoms with E-state index < -0.39 is 21.7 Å². The van der Waals surface area contributed by atoms with Crippen molar-refractivity contribution in [3.8, 4) is 0 Å². The first-order valence-electron chi connectivity index (χ1n) is 6.85. The van der Waals surface area contributed by atoms with Gasteiger partial charge in [0.2, 0.25) is 11.7 Å². The standard InChI is InChI=1S/C16H15FN2O3S/c1-10-3-6-13(7-4-10)23-11(2)16(20)18-12-5-8-14(17)15(9-12)19(21)22/h3-9,11H,1-2H3,(H,18,20). The van der Waals surface area contributed by atoms with Gasteiger partial charge in [-0.1, -0.05) is 17.7 Å². The van der Waals surface area contributed by atoms with Crippen LogP contribution < -0.4 is 5.32 Å². The molecule has 1 amide bonds. The summed E-state index contributed by atoms with van der Waals surface area (Å²) in [5.74, 6) is -1.24. The second kappa shape index (κ2) is 7.23. The Bertz CT molecular complexity index is 735. The summed E-state index contributed by atoms with van der Waals surface area (Å²) >= 11 is 1.37. The molecule has 2 rings (SSSR count). The number of carbonyl (C=O) groups excluding carboxylic acids is 1. The van der Waals surface area contributed by atoms with Crippen LogP contribution in [-0.2, 0) is 4.79 Å². The lowest BCUT2D eigenvalue weighted by molar-refractivity contribution is -0.387. The van der Waals surface area contributed by atoms with Crippen molar-refractivity contribution < 1.29 is 14.1 Å². The number of carbonyl (C=O) groups is 1. The Balaban J connectivity index is 2.04. The molecular weight excluding hydrogens is 319 g/mol. The number of anilines is 1. The molecule has 1 atom stereocenters. The molecule has 0 heterocycles. The molecule has 5 nitrogen and oxygen atoms in total. The van der Waals surface area contributed by atoms with Crippen molar-refractivity contribution in [3.63, 3.8) is 0 Å². The van der Waals surface area contributed by atoms with Gasteiger partial charge in [-0.15, -0.1) is 11.8 Å². The van der Waals surface area contributed by atoms with Gasteiger partial charge in [0.05, 0.1) is 10.2 Å². The molecule has 0 spiro atoms. The van der Waals surface area contributed by atoms with E-state index in [1.54, 1.807) is 6.92 Å². The monoisotopic (exact) mass is 334 g/mol. The summed E-state index contributed by atoms with van der Waals surface area (Å²) in [4.78, 5) is 23.0. The molecule has 2 aromatic rings. The first-order chi connectivity index (χ1) is 10.9. The number of benzene rings is 2. The third kappa shape index (κ3) is 4.53. The van der Waals surface area contributed by atoms with E-state index in [9.17, 15) is 19.3 Å². The number of nitro groups is 1. The highest BCUT2D eigenvalue weighted by molar-refractivity contribution is 8.00. The fourth-order valence-electron chi connectivity index (χ4n) is 1.85. The van der Waals surface area contributed by atoms with Crippen LogP contribution in [0.1, 0.15) is 12.5 Å². The molecular formula is C16H15FN2O3S. The lowest BCUT2D eigenvalue weighted by Crippen LogP contribution is -2.22. The normalized spacial score (nSPS) is 11.8. The molecule has 0 radical (unpaired) electrons. The zero-order valence-corrected chi connectivity index (χ0v) is 13.4. The average Bonchev–Trinajstić information content (AvgIpc) is 2.51. The van der Waals surface area contributed by atoms with Crippen molar-refractivity contribution >= 4 is 29.0 Å². The average molecular weight is 334 g/mol. The van der Waals surface area contributed by atoms with Gasteiger partial charge in [0.25, 0.3) is 0 Å². The molecule has 0 fully saturated rings. The van der Waals surface area contributed by atoms with Crippen LogP contribution >= 0.6 is 11.8 Å². The van der Waals surface area contributed by atoms with Crippen molar-refractivity contribution in [3.05, 3.63) is 64.0 Å². The smallest absolute Gasteiger partial charge is 0.306 e. The Labute approximate surface area is 137 Å². The topological polar surface area (TPSA) is 72.2 Å². The highest BCUT2D eigenvalue weighted by atomic mass is 32.2. The Morgan fingerprint density at radius 1 is 1.26 bits per heavy atom. The third-order valence-corrected chi connectivity index (χ3v) is 4.23. The molecule has 0 aliphatic carbocycles. The highest BCUT2D eigenvalue weighted by Gasteiger charge is 2.18. The molecule has 23 heavy (non-hydrogen) atoms. The molecule has 1 unspecified atom stereocenters. The van der Waals surface area contributed by atoms with Crippen LogP contribution in [-0.4, -0.2) is 16.1 Å². The van der Waals surface area contributed by atoms with E-state index in [-0.39, 0.29) is 11.6 Å². The quantitative estimate of drug-likeness (QED) is 0.506. The largest absolute Gasteiger partial charge is 0.325 e. The first kappa shape index (κ1) is 17.0. The van der Waals surface area contributed by atoms with E-state index in [1.165, 1.54) is 17.8 Å². The molecule has 1 N–H and O–H groups in total. The minimum Gasteiger partial charge on any atom is -0.325 e. The lowest BCUT2D eigenvalue weighted by Gasteiger charge is -2.12. The summed E-state index contributed by atoms with van der Waals surface area (Å²) in [6.07, 6.45) is 0. The van der Waals surface area contributed by atoms with Crippen LogP contribution in [0, 0.1) is 22.9 Å². The zero-order valence-electron chi connectivity index (χ0n) is 12.6. The van der Waals surface area contributed by atoms with E-state index >= 15 is 0 Å². The van der Waals surface area contributed by atoms with Gasteiger partial charge in [0, 0.05) is 16.6 Å². The molecule has 0 bridgehead atoms. The summed E-state index contributed by atoms with van der Waals surface area (Å²) in [5, 5.41) is 12.9. The van der Waals surface area contributed by atoms with Gasteiger partial charge < -0.3 is 5.32 Å². The summed E-state index contributed by atoms with van der Waals surface area (Å²) in [6, 6.07) is 11.0. The van der Waals surface area contributed by atoms with Crippen molar-refractivity contribution in [2.45, 2.75) is 24.0 Å². The maximum Gasteiger partial charge on any atom is 0.306 e. The maximum atomic E-state index is 13.3. The Hall–Kier alpha value is -2.41. The van der Waals surface area contributed by atoms with Crippen molar-refractivity contribution in [1.82, 2.24) is 0 Å². The SMILES string of the molecule is Cc1ccc(SC(C)C(=O)Nc2ccc(F)c([N+](=O)[O-])c2)cc1. The van der Waals surface area contributed by atoms with Gasteiger partial charge in [-0.2, -0.15) is 4.39 Å². The fourth-order valence-corrected chi connectivity index (χ4v) is 2.72. The van der Waals surface area contributed by atoms with Gasteiger partial charge in [0.1, 0.15) is 0 Å². The number of nitrogens with one attached hydrogen (secondary N) is 1. The Kier molecular flexibility index (Phi) is 5.33. The summed E-state index contributed by atoms with van der Waals surface area (Å²) in [7, 11) is 0. The van der Waals surface area contributed by atoms with Gasteiger partial charge in [-0.25, -0.2) is 0 Å². The number of halogens is 1. The maximum absolute atomic E-state index is 13.3. The van der Waals surface area contributed by atoms with Gasteiger partial charge in [-0.3, -0.25) is 14.9 Å². The summed E-state index contributed by atoms with van der Waals surface area (Å²) in [5.41, 5.74) is 0.658. The van der Waals surface area contributed by atoms with Crippen LogP contribution in [0.25, 0.3) is 0 Å². The number of thioether (sulfide) groups is 1. The number of nitro benzene ring substituents is 1. The van der Waals surface area contributed by atoms with Crippen LogP contribution in [0.5, 0.6) is 0 Å². The first-order valence-corrected chi connectivity index (χ1v) is 7.73. The molecule has 0 aromatic heterocycles. The summed E-state index contributed by atoms with van der Waals surface area (Å²) in [6.45, 7) is 3.71. The van der Waals surface area contributed by atoms with Gasteiger partial charge in [-0.05, 0) is 38.1 Å². The van der Waals surface area contributed by atoms with Crippen LogP contribution in [0.4, 0.5) is 15.8 Å². The number of hydrogen-bond acceptors (Lipinski definition) is 4. The minimum atomic E-state index is -0.935. The lowest BCUT2D eigenvalue weighted by atomic mass is 10.2. The number of nitrogens with zero attached hydrogens (tertiary/aromatic N) is 1. The summed E-state index contributed by atoms with van der Waals surface area (Å²) < 4.78 is 13.3. The molecule has 0 aliphatic heterocycles. The molecule has 120 valence electrons. The third-order valence-electron chi connectivity index (χ3n) is 3.11. The van der Waals surface area contributed by atoms with E-state index in [0.717, 1.165) is 22.6 Å². The molecule has 0 saturated heterocycles. The molecule has 2 aromatic carbocycles. The van der Waals surface area contributed by atoms with Gasteiger partial charge in [0.15, 0.2) is 0 Å². The predicted molar refractivity (Wildman–Crippen MR) is 88.2 cm³/mol. The zero-order chi connectivity index (χ0) is 17.0. The molecule has 0 saturated carbocycles. The molecule has 7 heteroatoms. The number of rotatable bonds is 5. The second-order valence-corrected chi connectivity index (χ2v) is 6.40. The Morgan fingerprint density at radius 2 is 1.91 bits per heavy atom. The second-order valence-electron chi connectivity index (χ2n) is 4.99. The van der Waals surface area contributed by atoms with E-state index in [4.69, 9.17) is 0 Å². The number of aryl methyl sites for hydroxylation is 1.